The molecule has 164 valence electrons. The summed E-state index contributed by atoms with van der Waals surface area (Å²) in [4.78, 5) is 15.0. The molecule has 1 N–H and O–H groups in total. The molecule has 0 bridgehead atoms. The van der Waals surface area contributed by atoms with Crippen molar-refractivity contribution < 1.29 is 0 Å². The molecule has 0 spiro atoms. The van der Waals surface area contributed by atoms with Crippen molar-refractivity contribution in [3.05, 3.63) is 36.3 Å². The maximum Gasteiger partial charge on any atom is 0.159 e. The predicted molar refractivity (Wildman–Crippen MR) is 125 cm³/mol. The second-order valence-electron chi connectivity index (χ2n) is 9.82. The SMILES string of the molecule is c1cc2c(n1)ncc1[nH]ccc(C3CCN(N4CCCC(CN5CCCC5)C4)CC3)c12. The molecule has 0 saturated carbocycles. The quantitative estimate of drug-likeness (QED) is 0.694. The normalized spacial score (nSPS) is 25.1. The molecule has 3 aliphatic rings. The van der Waals surface area contributed by atoms with Crippen molar-refractivity contribution in [1.29, 1.82) is 0 Å². The topological polar surface area (TPSA) is 51.3 Å². The van der Waals surface area contributed by atoms with Crippen molar-refractivity contribution in [3.8, 4) is 0 Å². The summed E-state index contributed by atoms with van der Waals surface area (Å²) in [5.41, 5.74) is 3.46. The van der Waals surface area contributed by atoms with E-state index in [-0.39, 0.29) is 0 Å². The Hall–Kier alpha value is -2.02. The van der Waals surface area contributed by atoms with Crippen LogP contribution in [-0.4, -0.2) is 75.7 Å². The summed E-state index contributed by atoms with van der Waals surface area (Å²) in [5, 5.41) is 7.88. The maximum atomic E-state index is 4.51. The van der Waals surface area contributed by atoms with E-state index in [1.807, 2.05) is 12.4 Å². The standard InChI is InChI=1S/C25H34N6/c1-2-12-29(11-1)17-19-4-3-13-31(18-19)30-14-7-20(8-15-30)21-5-9-26-23-16-28-25-22(24(21)23)6-10-27-25/h5-6,9-10,16,19-20,26H,1-4,7-8,11-15,17-18H2. The van der Waals surface area contributed by atoms with Crippen LogP contribution >= 0.6 is 0 Å². The number of H-pyrrole nitrogens is 1. The second kappa shape index (κ2) is 8.49. The van der Waals surface area contributed by atoms with Crippen molar-refractivity contribution in [2.45, 2.75) is 44.4 Å². The third kappa shape index (κ3) is 3.86. The molecule has 0 aromatic carbocycles. The number of pyridine rings is 2. The molecular formula is C25H34N6. The van der Waals surface area contributed by atoms with Crippen LogP contribution in [0.1, 0.15) is 50.0 Å². The van der Waals surface area contributed by atoms with Gasteiger partial charge in [0.1, 0.15) is 0 Å². The minimum atomic E-state index is 0.610. The number of aromatic amines is 1. The fourth-order valence-electron chi connectivity index (χ4n) is 6.26. The number of hydrogen-bond donors (Lipinski definition) is 1. The number of hydrazine groups is 1. The first-order valence-corrected chi connectivity index (χ1v) is 12.3. The van der Waals surface area contributed by atoms with Crippen LogP contribution in [0.15, 0.2) is 30.7 Å². The van der Waals surface area contributed by atoms with Crippen LogP contribution in [0.5, 0.6) is 0 Å². The van der Waals surface area contributed by atoms with E-state index in [4.69, 9.17) is 0 Å². The molecule has 6 heteroatoms. The fraction of sp³-hybridized carbons (Fsp3) is 0.600. The highest BCUT2D eigenvalue weighted by Gasteiger charge is 2.30. The second-order valence-corrected chi connectivity index (χ2v) is 9.82. The van der Waals surface area contributed by atoms with Crippen LogP contribution in [0.25, 0.3) is 21.9 Å². The molecule has 6 heterocycles. The molecule has 3 aromatic heterocycles. The Labute approximate surface area is 184 Å². The minimum Gasteiger partial charge on any atom is -0.360 e. The van der Waals surface area contributed by atoms with Crippen molar-refractivity contribution in [2.75, 3.05) is 45.8 Å². The Morgan fingerprint density at radius 2 is 1.77 bits per heavy atom. The molecule has 0 radical (unpaired) electrons. The number of hydrogen-bond acceptors (Lipinski definition) is 5. The minimum absolute atomic E-state index is 0.610. The van der Waals surface area contributed by atoms with Crippen molar-refractivity contribution >= 4 is 21.9 Å². The van der Waals surface area contributed by atoms with Crippen LogP contribution in [0.4, 0.5) is 0 Å². The van der Waals surface area contributed by atoms with Crippen molar-refractivity contribution in [3.63, 3.8) is 0 Å². The van der Waals surface area contributed by atoms with Gasteiger partial charge in [-0.3, -0.25) is 0 Å². The lowest BCUT2D eigenvalue weighted by molar-refractivity contribution is -0.0720. The molecule has 0 aliphatic carbocycles. The molecule has 3 aromatic rings. The van der Waals surface area contributed by atoms with E-state index in [0.717, 1.165) is 17.1 Å². The zero-order valence-electron chi connectivity index (χ0n) is 18.5. The smallest absolute Gasteiger partial charge is 0.159 e. The Balaban J connectivity index is 1.14. The maximum absolute atomic E-state index is 4.51. The van der Waals surface area contributed by atoms with Gasteiger partial charge in [0.15, 0.2) is 5.65 Å². The number of fused-ring (bicyclic) bond motifs is 3. The van der Waals surface area contributed by atoms with Gasteiger partial charge >= 0.3 is 0 Å². The summed E-state index contributed by atoms with van der Waals surface area (Å²) in [6.45, 7) is 8.82. The molecule has 31 heavy (non-hydrogen) atoms. The molecule has 3 saturated heterocycles. The van der Waals surface area contributed by atoms with Gasteiger partial charge in [0.25, 0.3) is 0 Å². The molecule has 1 atom stereocenters. The van der Waals surface area contributed by atoms with E-state index in [9.17, 15) is 0 Å². The van der Waals surface area contributed by atoms with Gasteiger partial charge in [-0.25, -0.2) is 20.0 Å². The van der Waals surface area contributed by atoms with Crippen LogP contribution < -0.4 is 0 Å². The Kier molecular flexibility index (Phi) is 5.38. The van der Waals surface area contributed by atoms with E-state index in [0.29, 0.717) is 5.92 Å². The lowest BCUT2D eigenvalue weighted by atomic mass is 9.87. The lowest BCUT2D eigenvalue weighted by Gasteiger charge is -2.44. The first kappa shape index (κ1) is 19.6. The van der Waals surface area contributed by atoms with E-state index < -0.39 is 0 Å². The Morgan fingerprint density at radius 3 is 2.65 bits per heavy atom. The molecule has 0 amide bonds. The van der Waals surface area contributed by atoms with Crippen LogP contribution in [0.2, 0.25) is 0 Å². The van der Waals surface area contributed by atoms with E-state index in [2.05, 4.69) is 48.2 Å². The molecular weight excluding hydrogens is 384 g/mol. The third-order valence-electron chi connectivity index (χ3n) is 7.85. The van der Waals surface area contributed by atoms with Crippen molar-refractivity contribution in [1.82, 2.24) is 29.9 Å². The summed E-state index contributed by atoms with van der Waals surface area (Å²) in [6, 6.07) is 4.41. The predicted octanol–water partition coefficient (Wildman–Crippen LogP) is 4.01. The zero-order valence-corrected chi connectivity index (χ0v) is 18.5. The van der Waals surface area contributed by atoms with Gasteiger partial charge in [0, 0.05) is 55.9 Å². The number of likely N-dealkylation sites (tertiary alicyclic amines) is 1. The van der Waals surface area contributed by atoms with Gasteiger partial charge in [-0.15, -0.1) is 0 Å². The largest absolute Gasteiger partial charge is 0.360 e. The fourth-order valence-corrected chi connectivity index (χ4v) is 6.26. The van der Waals surface area contributed by atoms with Gasteiger partial charge in [0.05, 0.1) is 11.7 Å². The highest BCUT2D eigenvalue weighted by Crippen LogP contribution is 2.36. The average molecular weight is 419 g/mol. The zero-order chi connectivity index (χ0) is 20.6. The van der Waals surface area contributed by atoms with Gasteiger partial charge in [-0.1, -0.05) is 0 Å². The lowest BCUT2D eigenvalue weighted by Crippen LogP contribution is -2.52. The monoisotopic (exact) mass is 418 g/mol. The number of rotatable bonds is 4. The third-order valence-corrected chi connectivity index (χ3v) is 7.85. The van der Waals surface area contributed by atoms with Gasteiger partial charge in [-0.05, 0) is 81.1 Å². The highest BCUT2D eigenvalue weighted by molar-refractivity contribution is 6.05. The van der Waals surface area contributed by atoms with Crippen LogP contribution in [0, 0.1) is 5.92 Å². The summed E-state index contributed by atoms with van der Waals surface area (Å²) in [6.07, 6.45) is 13.9. The first-order chi connectivity index (χ1) is 15.3. The molecule has 1 unspecified atom stereocenters. The van der Waals surface area contributed by atoms with Gasteiger partial charge in [-0.2, -0.15) is 0 Å². The van der Waals surface area contributed by atoms with E-state index in [1.165, 1.54) is 101 Å². The van der Waals surface area contributed by atoms with Gasteiger partial charge < -0.3 is 9.88 Å². The summed E-state index contributed by atoms with van der Waals surface area (Å²) in [5.74, 6) is 1.46. The number of nitrogens with one attached hydrogen (secondary N) is 1. The Bertz CT molecular complexity index is 1030. The molecule has 6 nitrogen and oxygen atoms in total. The summed E-state index contributed by atoms with van der Waals surface area (Å²) < 4.78 is 0. The average Bonchev–Trinajstić information content (AvgIpc) is 3.51. The highest BCUT2D eigenvalue weighted by atomic mass is 15.6. The van der Waals surface area contributed by atoms with E-state index in [1.54, 1.807) is 0 Å². The van der Waals surface area contributed by atoms with E-state index >= 15 is 0 Å². The van der Waals surface area contributed by atoms with Crippen LogP contribution in [-0.2, 0) is 0 Å². The number of piperidine rings is 2. The first-order valence-electron chi connectivity index (χ1n) is 12.3. The van der Waals surface area contributed by atoms with Crippen LogP contribution in [0.3, 0.4) is 0 Å². The molecule has 3 fully saturated rings. The number of aromatic nitrogens is 3. The molecule has 3 aliphatic heterocycles. The summed E-state index contributed by atoms with van der Waals surface area (Å²) in [7, 11) is 0. The number of nitrogens with zero attached hydrogens (tertiary/aromatic N) is 5. The molecule has 6 rings (SSSR count). The Morgan fingerprint density at radius 1 is 0.903 bits per heavy atom. The van der Waals surface area contributed by atoms with Gasteiger partial charge in [0.2, 0.25) is 0 Å². The summed E-state index contributed by atoms with van der Waals surface area (Å²) >= 11 is 0. The van der Waals surface area contributed by atoms with Crippen molar-refractivity contribution in [2.24, 2.45) is 5.92 Å².